The van der Waals surface area contributed by atoms with E-state index in [0.29, 0.717) is 6.04 Å². The SMILES string of the molecule is CCCNC(CCc1nn(C)c2ccccc12)CC(C)C. The van der Waals surface area contributed by atoms with E-state index in [9.17, 15) is 0 Å². The van der Waals surface area contributed by atoms with E-state index in [1.54, 1.807) is 0 Å². The van der Waals surface area contributed by atoms with Crippen LogP contribution in [0.15, 0.2) is 24.3 Å². The van der Waals surface area contributed by atoms with Crippen LogP contribution in [0.5, 0.6) is 0 Å². The Morgan fingerprint density at radius 1 is 1.24 bits per heavy atom. The fraction of sp³-hybridized carbons (Fsp3) is 0.611. The van der Waals surface area contributed by atoms with Gasteiger partial charge in [-0.2, -0.15) is 5.10 Å². The zero-order valence-corrected chi connectivity index (χ0v) is 13.9. The first-order valence-electron chi connectivity index (χ1n) is 8.25. The number of fused-ring (bicyclic) bond motifs is 1. The van der Waals surface area contributed by atoms with Gasteiger partial charge in [-0.1, -0.05) is 39.0 Å². The Morgan fingerprint density at radius 3 is 2.71 bits per heavy atom. The number of aryl methyl sites for hydroxylation is 2. The van der Waals surface area contributed by atoms with Crippen LogP contribution in [0.4, 0.5) is 0 Å². The molecule has 0 aliphatic heterocycles. The van der Waals surface area contributed by atoms with Gasteiger partial charge >= 0.3 is 0 Å². The molecule has 1 aromatic carbocycles. The van der Waals surface area contributed by atoms with E-state index in [2.05, 4.69) is 50.4 Å². The molecule has 2 aromatic rings. The second-order valence-electron chi connectivity index (χ2n) is 6.41. The molecule has 0 saturated carbocycles. The molecule has 0 radical (unpaired) electrons. The molecule has 3 heteroatoms. The van der Waals surface area contributed by atoms with Gasteiger partial charge < -0.3 is 5.32 Å². The van der Waals surface area contributed by atoms with Crippen molar-refractivity contribution >= 4 is 10.9 Å². The van der Waals surface area contributed by atoms with Gasteiger partial charge in [0.2, 0.25) is 0 Å². The third-order valence-corrected chi connectivity index (χ3v) is 4.00. The van der Waals surface area contributed by atoms with Gasteiger partial charge in [0.1, 0.15) is 0 Å². The number of rotatable bonds is 8. The molecule has 0 amide bonds. The number of nitrogens with zero attached hydrogens (tertiary/aromatic N) is 2. The van der Waals surface area contributed by atoms with Crippen molar-refractivity contribution in [2.45, 2.75) is 52.5 Å². The van der Waals surface area contributed by atoms with Gasteiger partial charge in [-0.25, -0.2) is 0 Å². The van der Waals surface area contributed by atoms with E-state index >= 15 is 0 Å². The number of nitrogens with one attached hydrogen (secondary N) is 1. The van der Waals surface area contributed by atoms with Crippen molar-refractivity contribution in [3.63, 3.8) is 0 Å². The van der Waals surface area contributed by atoms with Gasteiger partial charge in [0.15, 0.2) is 0 Å². The average Bonchev–Trinajstić information content (AvgIpc) is 2.79. The Hall–Kier alpha value is -1.35. The molecule has 1 aromatic heterocycles. The maximum absolute atomic E-state index is 4.71. The number of para-hydroxylation sites is 1. The van der Waals surface area contributed by atoms with Gasteiger partial charge in [0.25, 0.3) is 0 Å². The summed E-state index contributed by atoms with van der Waals surface area (Å²) in [6.07, 6.45) is 4.65. The van der Waals surface area contributed by atoms with Crippen molar-refractivity contribution in [1.82, 2.24) is 15.1 Å². The summed E-state index contributed by atoms with van der Waals surface area (Å²) >= 11 is 0. The average molecular weight is 287 g/mol. The van der Waals surface area contributed by atoms with Crippen LogP contribution < -0.4 is 5.32 Å². The number of benzene rings is 1. The fourth-order valence-corrected chi connectivity index (χ4v) is 3.01. The third kappa shape index (κ3) is 4.31. The van der Waals surface area contributed by atoms with Crippen LogP contribution in [0, 0.1) is 5.92 Å². The Labute approximate surface area is 128 Å². The van der Waals surface area contributed by atoms with Gasteiger partial charge in [0.05, 0.1) is 11.2 Å². The topological polar surface area (TPSA) is 29.9 Å². The van der Waals surface area contributed by atoms with E-state index in [1.165, 1.54) is 35.9 Å². The molecule has 1 N–H and O–H groups in total. The van der Waals surface area contributed by atoms with Crippen LogP contribution in [0.25, 0.3) is 10.9 Å². The first-order chi connectivity index (χ1) is 10.1. The Balaban J connectivity index is 2.04. The van der Waals surface area contributed by atoms with Crippen LogP contribution in [-0.2, 0) is 13.5 Å². The van der Waals surface area contributed by atoms with Gasteiger partial charge in [-0.15, -0.1) is 0 Å². The molecule has 0 saturated heterocycles. The van der Waals surface area contributed by atoms with Crippen LogP contribution in [0.1, 0.15) is 45.7 Å². The molecule has 0 fully saturated rings. The van der Waals surface area contributed by atoms with Crippen molar-refractivity contribution in [2.24, 2.45) is 13.0 Å². The summed E-state index contributed by atoms with van der Waals surface area (Å²) in [5, 5.41) is 9.71. The highest BCUT2D eigenvalue weighted by molar-refractivity contribution is 5.81. The Bertz CT molecular complexity index is 557. The summed E-state index contributed by atoms with van der Waals surface area (Å²) in [5.74, 6) is 0.736. The second kappa shape index (κ2) is 7.60. The summed E-state index contributed by atoms with van der Waals surface area (Å²) in [6, 6.07) is 9.12. The molecule has 2 rings (SSSR count). The lowest BCUT2D eigenvalue weighted by molar-refractivity contribution is 0.397. The largest absolute Gasteiger partial charge is 0.314 e. The molecule has 3 nitrogen and oxygen atoms in total. The predicted molar refractivity (Wildman–Crippen MR) is 90.6 cm³/mol. The summed E-state index contributed by atoms with van der Waals surface area (Å²) in [7, 11) is 2.03. The van der Waals surface area contributed by atoms with E-state index in [0.717, 1.165) is 18.9 Å². The lowest BCUT2D eigenvalue weighted by Gasteiger charge is -2.20. The highest BCUT2D eigenvalue weighted by Crippen LogP contribution is 2.20. The molecule has 1 unspecified atom stereocenters. The van der Waals surface area contributed by atoms with E-state index < -0.39 is 0 Å². The molecular formula is C18H29N3. The summed E-state index contributed by atoms with van der Waals surface area (Å²) in [4.78, 5) is 0. The lowest BCUT2D eigenvalue weighted by atomic mass is 9.98. The number of hydrogen-bond donors (Lipinski definition) is 1. The first-order valence-corrected chi connectivity index (χ1v) is 8.25. The van der Waals surface area contributed by atoms with Crippen molar-refractivity contribution in [3.8, 4) is 0 Å². The minimum absolute atomic E-state index is 0.603. The van der Waals surface area contributed by atoms with Crippen molar-refractivity contribution in [2.75, 3.05) is 6.54 Å². The Kier molecular flexibility index (Phi) is 5.80. The van der Waals surface area contributed by atoms with Gasteiger partial charge in [0, 0.05) is 18.5 Å². The van der Waals surface area contributed by atoms with Gasteiger partial charge in [-0.05, 0) is 44.2 Å². The standard InChI is InChI=1S/C18H29N3/c1-5-12-19-15(13-14(2)3)10-11-17-16-8-6-7-9-18(16)21(4)20-17/h6-9,14-15,19H,5,10-13H2,1-4H3. The van der Waals surface area contributed by atoms with E-state index in [4.69, 9.17) is 5.10 Å². The maximum atomic E-state index is 4.71. The van der Waals surface area contributed by atoms with Gasteiger partial charge in [-0.3, -0.25) is 4.68 Å². The molecule has 116 valence electrons. The quantitative estimate of drug-likeness (QED) is 0.797. The first kappa shape index (κ1) is 16.0. The summed E-state index contributed by atoms with van der Waals surface area (Å²) in [5.41, 5.74) is 2.47. The molecule has 1 heterocycles. The molecule has 0 bridgehead atoms. The lowest BCUT2D eigenvalue weighted by Crippen LogP contribution is -2.31. The highest BCUT2D eigenvalue weighted by Gasteiger charge is 2.13. The van der Waals surface area contributed by atoms with E-state index in [1.807, 2.05) is 11.7 Å². The van der Waals surface area contributed by atoms with Crippen LogP contribution in [-0.4, -0.2) is 22.4 Å². The van der Waals surface area contributed by atoms with Crippen molar-refractivity contribution < 1.29 is 0 Å². The molecular weight excluding hydrogens is 258 g/mol. The smallest absolute Gasteiger partial charge is 0.0703 e. The molecule has 0 aliphatic rings. The highest BCUT2D eigenvalue weighted by atomic mass is 15.3. The normalized spacial score (nSPS) is 13.2. The van der Waals surface area contributed by atoms with Crippen molar-refractivity contribution in [1.29, 1.82) is 0 Å². The maximum Gasteiger partial charge on any atom is 0.0703 e. The Morgan fingerprint density at radius 2 is 2.00 bits per heavy atom. The van der Waals surface area contributed by atoms with Crippen molar-refractivity contribution in [3.05, 3.63) is 30.0 Å². The zero-order valence-electron chi connectivity index (χ0n) is 13.9. The third-order valence-electron chi connectivity index (χ3n) is 4.00. The number of hydrogen-bond acceptors (Lipinski definition) is 2. The second-order valence-corrected chi connectivity index (χ2v) is 6.41. The predicted octanol–water partition coefficient (Wildman–Crippen LogP) is 3.92. The zero-order chi connectivity index (χ0) is 15.2. The minimum Gasteiger partial charge on any atom is -0.314 e. The fourth-order valence-electron chi connectivity index (χ4n) is 3.01. The molecule has 21 heavy (non-hydrogen) atoms. The van der Waals surface area contributed by atoms with Crippen LogP contribution in [0.3, 0.4) is 0 Å². The molecule has 0 spiro atoms. The summed E-state index contributed by atoms with van der Waals surface area (Å²) < 4.78 is 2.00. The molecule has 1 atom stereocenters. The summed E-state index contributed by atoms with van der Waals surface area (Å²) in [6.45, 7) is 7.94. The number of aromatic nitrogens is 2. The molecule has 0 aliphatic carbocycles. The van der Waals surface area contributed by atoms with E-state index in [-0.39, 0.29) is 0 Å². The monoisotopic (exact) mass is 287 g/mol. The van der Waals surface area contributed by atoms with Crippen LogP contribution in [0.2, 0.25) is 0 Å². The minimum atomic E-state index is 0.603. The van der Waals surface area contributed by atoms with Crippen LogP contribution >= 0.6 is 0 Å².